The van der Waals surface area contributed by atoms with E-state index in [1.54, 1.807) is 12.4 Å². The molecule has 0 saturated heterocycles. The molecule has 20 heavy (non-hydrogen) atoms. The first-order chi connectivity index (χ1) is 9.66. The average molecular weight is 286 g/mol. The van der Waals surface area contributed by atoms with E-state index in [1.807, 2.05) is 37.3 Å². The Hall–Kier alpha value is -2.33. The van der Waals surface area contributed by atoms with Crippen molar-refractivity contribution in [2.45, 2.75) is 6.92 Å². The summed E-state index contributed by atoms with van der Waals surface area (Å²) in [7, 11) is 0. The van der Waals surface area contributed by atoms with Crippen molar-refractivity contribution in [1.82, 2.24) is 10.1 Å². The molecule has 0 fully saturated rings. The van der Waals surface area contributed by atoms with Gasteiger partial charge in [-0.1, -0.05) is 28.9 Å². The van der Waals surface area contributed by atoms with Crippen LogP contribution in [0.4, 0.5) is 5.88 Å². The van der Waals surface area contributed by atoms with Crippen molar-refractivity contribution in [3.8, 4) is 22.4 Å². The molecule has 3 rings (SSSR count). The van der Waals surface area contributed by atoms with E-state index in [4.69, 9.17) is 21.9 Å². The molecule has 0 atom stereocenters. The van der Waals surface area contributed by atoms with Crippen molar-refractivity contribution < 1.29 is 4.52 Å². The lowest BCUT2D eigenvalue weighted by atomic mass is 9.99. The topological polar surface area (TPSA) is 64.9 Å². The first kappa shape index (κ1) is 12.7. The number of benzene rings is 1. The average Bonchev–Trinajstić information content (AvgIpc) is 2.84. The molecule has 2 N–H and O–H groups in total. The highest BCUT2D eigenvalue weighted by Crippen LogP contribution is 2.37. The molecule has 0 aliphatic rings. The van der Waals surface area contributed by atoms with Crippen molar-refractivity contribution in [3.63, 3.8) is 0 Å². The highest BCUT2D eigenvalue weighted by Gasteiger charge is 2.19. The Labute approximate surface area is 121 Å². The van der Waals surface area contributed by atoms with Crippen LogP contribution in [0, 0.1) is 6.92 Å². The third-order valence-electron chi connectivity index (χ3n) is 3.12. The van der Waals surface area contributed by atoms with Gasteiger partial charge in [0.25, 0.3) is 0 Å². The lowest BCUT2D eigenvalue weighted by Crippen LogP contribution is -1.90. The number of rotatable bonds is 2. The minimum Gasteiger partial charge on any atom is -0.367 e. The summed E-state index contributed by atoms with van der Waals surface area (Å²) in [5.74, 6) is 0.271. The number of hydrogen-bond donors (Lipinski definition) is 1. The Morgan fingerprint density at radius 2 is 2.10 bits per heavy atom. The summed E-state index contributed by atoms with van der Waals surface area (Å²) < 4.78 is 5.16. The summed E-state index contributed by atoms with van der Waals surface area (Å²) in [5.41, 5.74) is 10.1. The van der Waals surface area contributed by atoms with Gasteiger partial charge in [0.1, 0.15) is 5.69 Å². The van der Waals surface area contributed by atoms with Crippen molar-refractivity contribution in [3.05, 3.63) is 53.3 Å². The van der Waals surface area contributed by atoms with Crippen LogP contribution in [0.2, 0.25) is 5.02 Å². The van der Waals surface area contributed by atoms with Gasteiger partial charge in [-0.25, -0.2) is 0 Å². The minimum absolute atomic E-state index is 0.271. The third kappa shape index (κ3) is 2.14. The molecule has 5 heteroatoms. The number of aryl methyl sites for hydroxylation is 1. The summed E-state index contributed by atoms with van der Waals surface area (Å²) >= 11 is 6.07. The number of halogens is 1. The zero-order valence-electron chi connectivity index (χ0n) is 10.8. The monoisotopic (exact) mass is 285 g/mol. The van der Waals surface area contributed by atoms with Gasteiger partial charge in [0.15, 0.2) is 0 Å². The highest BCUT2D eigenvalue weighted by atomic mass is 35.5. The van der Waals surface area contributed by atoms with E-state index in [9.17, 15) is 0 Å². The van der Waals surface area contributed by atoms with E-state index >= 15 is 0 Å². The number of nitrogens with zero attached hydrogens (tertiary/aromatic N) is 2. The van der Waals surface area contributed by atoms with Crippen LogP contribution in [0.5, 0.6) is 0 Å². The van der Waals surface area contributed by atoms with Crippen molar-refractivity contribution >= 4 is 17.5 Å². The normalized spacial score (nSPS) is 10.7. The molecule has 0 radical (unpaired) electrons. The minimum atomic E-state index is 0.271. The van der Waals surface area contributed by atoms with Crippen molar-refractivity contribution in [2.75, 3.05) is 5.73 Å². The van der Waals surface area contributed by atoms with Gasteiger partial charge in [0.2, 0.25) is 5.88 Å². The maximum absolute atomic E-state index is 6.07. The fourth-order valence-corrected chi connectivity index (χ4v) is 2.30. The molecule has 0 spiro atoms. The van der Waals surface area contributed by atoms with Crippen LogP contribution in [-0.4, -0.2) is 10.1 Å². The van der Waals surface area contributed by atoms with Gasteiger partial charge in [-0.05, 0) is 30.7 Å². The second kappa shape index (κ2) is 4.98. The second-order valence-corrected chi connectivity index (χ2v) is 4.91. The number of nitrogens with two attached hydrogens (primary N) is 1. The molecule has 0 unspecified atom stereocenters. The highest BCUT2D eigenvalue weighted by molar-refractivity contribution is 6.30. The summed E-state index contributed by atoms with van der Waals surface area (Å²) in [5, 5.41) is 4.72. The molecular weight excluding hydrogens is 274 g/mol. The third-order valence-corrected chi connectivity index (χ3v) is 3.36. The molecule has 100 valence electrons. The van der Waals surface area contributed by atoms with E-state index in [1.165, 1.54) is 0 Å². The molecule has 0 amide bonds. The van der Waals surface area contributed by atoms with E-state index < -0.39 is 0 Å². The SMILES string of the molecule is Cc1ccc(Cl)cc1-c1noc(N)c1-c1cccnc1. The molecule has 4 nitrogen and oxygen atoms in total. The van der Waals surface area contributed by atoms with E-state index in [0.717, 1.165) is 22.3 Å². The van der Waals surface area contributed by atoms with Gasteiger partial charge in [-0.2, -0.15) is 0 Å². The largest absolute Gasteiger partial charge is 0.367 e. The number of hydrogen-bond acceptors (Lipinski definition) is 4. The Morgan fingerprint density at radius 1 is 1.25 bits per heavy atom. The molecular formula is C15H12ClN3O. The Balaban J connectivity index is 2.24. The summed E-state index contributed by atoms with van der Waals surface area (Å²) in [6, 6.07) is 9.40. The van der Waals surface area contributed by atoms with E-state index in [0.29, 0.717) is 10.7 Å². The first-order valence-electron chi connectivity index (χ1n) is 6.09. The molecule has 2 heterocycles. The summed E-state index contributed by atoms with van der Waals surface area (Å²) in [6.07, 6.45) is 3.43. The molecule has 2 aromatic heterocycles. The fraction of sp³-hybridized carbons (Fsp3) is 0.0667. The van der Waals surface area contributed by atoms with Crippen LogP contribution in [0.3, 0.4) is 0 Å². The van der Waals surface area contributed by atoms with Crippen LogP contribution in [0.15, 0.2) is 47.2 Å². The van der Waals surface area contributed by atoms with Gasteiger partial charge in [0, 0.05) is 28.5 Å². The number of nitrogen functional groups attached to an aromatic ring is 1. The maximum Gasteiger partial charge on any atom is 0.230 e. The lowest BCUT2D eigenvalue weighted by Gasteiger charge is -2.06. The van der Waals surface area contributed by atoms with Crippen LogP contribution >= 0.6 is 11.6 Å². The molecule has 0 bridgehead atoms. The quantitative estimate of drug-likeness (QED) is 0.774. The van der Waals surface area contributed by atoms with Gasteiger partial charge >= 0.3 is 0 Å². The van der Waals surface area contributed by atoms with Crippen LogP contribution in [-0.2, 0) is 0 Å². The van der Waals surface area contributed by atoms with Crippen molar-refractivity contribution in [1.29, 1.82) is 0 Å². The van der Waals surface area contributed by atoms with Gasteiger partial charge < -0.3 is 10.3 Å². The summed E-state index contributed by atoms with van der Waals surface area (Å²) in [4.78, 5) is 4.11. The zero-order valence-corrected chi connectivity index (χ0v) is 11.6. The van der Waals surface area contributed by atoms with Crippen LogP contribution in [0.25, 0.3) is 22.4 Å². The van der Waals surface area contributed by atoms with Crippen LogP contribution in [0.1, 0.15) is 5.56 Å². The zero-order chi connectivity index (χ0) is 14.1. The summed E-state index contributed by atoms with van der Waals surface area (Å²) in [6.45, 7) is 1.99. The maximum atomic E-state index is 6.07. The molecule has 0 aliphatic heterocycles. The van der Waals surface area contributed by atoms with Gasteiger partial charge in [-0.15, -0.1) is 0 Å². The first-order valence-corrected chi connectivity index (χ1v) is 6.46. The molecule has 0 aliphatic carbocycles. The Morgan fingerprint density at radius 3 is 2.85 bits per heavy atom. The van der Waals surface area contributed by atoms with Crippen LogP contribution < -0.4 is 5.73 Å². The van der Waals surface area contributed by atoms with E-state index in [2.05, 4.69) is 10.1 Å². The number of aromatic nitrogens is 2. The number of anilines is 1. The molecule has 3 aromatic rings. The molecule has 0 saturated carbocycles. The standard InChI is InChI=1S/C15H12ClN3O/c1-9-4-5-11(16)7-12(9)14-13(15(17)20-19-14)10-3-2-6-18-8-10/h2-8H,17H2,1H3. The van der Waals surface area contributed by atoms with Gasteiger partial charge in [-0.3, -0.25) is 4.98 Å². The lowest BCUT2D eigenvalue weighted by molar-refractivity contribution is 0.439. The smallest absolute Gasteiger partial charge is 0.230 e. The van der Waals surface area contributed by atoms with Gasteiger partial charge in [0.05, 0.1) is 5.56 Å². The Bertz CT molecular complexity index is 753. The fourth-order valence-electron chi connectivity index (χ4n) is 2.13. The number of pyridine rings is 1. The Kier molecular flexibility index (Phi) is 3.16. The molecule has 1 aromatic carbocycles. The predicted molar refractivity (Wildman–Crippen MR) is 79.3 cm³/mol. The predicted octanol–water partition coefficient (Wildman–Crippen LogP) is 3.95. The van der Waals surface area contributed by atoms with Crippen molar-refractivity contribution in [2.24, 2.45) is 0 Å². The second-order valence-electron chi connectivity index (χ2n) is 4.47. The van der Waals surface area contributed by atoms with E-state index in [-0.39, 0.29) is 5.88 Å².